The van der Waals surface area contributed by atoms with E-state index in [0.29, 0.717) is 25.8 Å². The molecule has 2 heterocycles. The first-order chi connectivity index (χ1) is 16.8. The van der Waals surface area contributed by atoms with Gasteiger partial charge in [-0.15, -0.1) is 0 Å². The number of anilines is 1. The lowest BCUT2D eigenvalue weighted by molar-refractivity contribution is 0.0357. The maximum atomic E-state index is 14.2. The van der Waals surface area contributed by atoms with Crippen LogP contribution in [0.15, 0.2) is 42.6 Å². The third-order valence-electron chi connectivity index (χ3n) is 6.22. The van der Waals surface area contributed by atoms with Gasteiger partial charge in [-0.1, -0.05) is 25.1 Å². The van der Waals surface area contributed by atoms with Crippen molar-refractivity contribution in [3.8, 4) is 11.1 Å². The van der Waals surface area contributed by atoms with E-state index in [1.54, 1.807) is 0 Å². The smallest absolute Gasteiger partial charge is 0.255 e. The first kappa shape index (κ1) is 24.7. The molecule has 0 unspecified atom stereocenters. The number of pyridine rings is 1. The quantitative estimate of drug-likeness (QED) is 0.443. The minimum atomic E-state index is -1.30. The largest absolute Gasteiger partial charge is 0.383 e. The monoisotopic (exact) mass is 484 g/mol. The molecule has 6 nitrogen and oxygen atoms in total. The molecule has 0 radical (unpaired) electrons. The summed E-state index contributed by atoms with van der Waals surface area (Å²) < 4.78 is 47.3. The molecule has 0 spiro atoms. The van der Waals surface area contributed by atoms with Gasteiger partial charge < -0.3 is 21.1 Å². The molecule has 1 aromatic heterocycles. The number of aryl methyl sites for hydroxylation is 2. The molecule has 1 amide bonds. The molecule has 0 bridgehead atoms. The third-order valence-corrected chi connectivity index (χ3v) is 6.22. The van der Waals surface area contributed by atoms with Gasteiger partial charge in [0.15, 0.2) is 11.6 Å². The van der Waals surface area contributed by atoms with Crippen LogP contribution >= 0.6 is 0 Å². The Morgan fingerprint density at radius 1 is 1.14 bits per heavy atom. The number of amides is 1. The highest BCUT2D eigenvalue weighted by molar-refractivity contribution is 5.99. The van der Waals surface area contributed by atoms with Crippen LogP contribution in [0.4, 0.5) is 19.0 Å². The highest BCUT2D eigenvalue weighted by Gasteiger charge is 2.30. The van der Waals surface area contributed by atoms with Crippen molar-refractivity contribution in [2.45, 2.75) is 39.0 Å². The van der Waals surface area contributed by atoms with Crippen molar-refractivity contribution >= 4 is 11.7 Å². The number of nitrogen functional groups attached to an aromatic ring is 1. The van der Waals surface area contributed by atoms with Gasteiger partial charge in [0.05, 0.1) is 24.3 Å². The first-order valence-electron chi connectivity index (χ1n) is 11.4. The van der Waals surface area contributed by atoms with Crippen LogP contribution in [-0.4, -0.2) is 36.1 Å². The van der Waals surface area contributed by atoms with Gasteiger partial charge in [0, 0.05) is 36.5 Å². The van der Waals surface area contributed by atoms with E-state index in [1.807, 2.05) is 6.07 Å². The minimum Gasteiger partial charge on any atom is -0.383 e. The predicted molar refractivity (Wildman–Crippen MR) is 127 cm³/mol. The fraction of sp³-hybridized carbons (Fsp3) is 0.308. The number of hydrogen-bond donors (Lipinski definition) is 3. The number of carbonyl (C=O) groups is 1. The van der Waals surface area contributed by atoms with E-state index in [1.165, 1.54) is 23.4 Å². The second kappa shape index (κ2) is 10.5. The molecule has 2 atom stereocenters. The number of ether oxygens (including phenoxy) is 1. The van der Waals surface area contributed by atoms with Crippen LogP contribution in [0.5, 0.6) is 0 Å². The van der Waals surface area contributed by atoms with E-state index in [9.17, 15) is 18.0 Å². The van der Waals surface area contributed by atoms with Gasteiger partial charge in [0.2, 0.25) is 0 Å². The van der Waals surface area contributed by atoms with Crippen LogP contribution in [0.1, 0.15) is 34.0 Å². The van der Waals surface area contributed by atoms with Gasteiger partial charge in [0.25, 0.3) is 5.91 Å². The Labute approximate surface area is 201 Å². The number of benzene rings is 2. The molecule has 184 valence electrons. The lowest BCUT2D eigenvalue weighted by atomic mass is 10.0. The number of hydrogen-bond acceptors (Lipinski definition) is 5. The summed E-state index contributed by atoms with van der Waals surface area (Å²) in [6.45, 7) is 5.64. The number of aromatic nitrogens is 1. The number of nitrogens with one attached hydrogen (secondary N) is 2. The highest BCUT2D eigenvalue weighted by Crippen LogP contribution is 2.27. The minimum absolute atomic E-state index is 0.00315. The second-order valence-corrected chi connectivity index (χ2v) is 8.61. The molecule has 1 aliphatic rings. The highest BCUT2D eigenvalue weighted by atomic mass is 19.2. The molecule has 1 saturated heterocycles. The molecular weight excluding hydrogens is 457 g/mol. The summed E-state index contributed by atoms with van der Waals surface area (Å²) in [5.41, 5.74) is 9.33. The van der Waals surface area contributed by atoms with Gasteiger partial charge in [-0.3, -0.25) is 4.79 Å². The normalized spacial score (nSPS) is 17.5. The van der Waals surface area contributed by atoms with Crippen LogP contribution < -0.4 is 16.4 Å². The lowest BCUT2D eigenvalue weighted by Crippen LogP contribution is -2.44. The fourth-order valence-electron chi connectivity index (χ4n) is 4.17. The van der Waals surface area contributed by atoms with Gasteiger partial charge in [-0.2, -0.15) is 0 Å². The molecule has 9 heteroatoms. The van der Waals surface area contributed by atoms with Crippen LogP contribution in [-0.2, 0) is 17.8 Å². The van der Waals surface area contributed by atoms with E-state index in [0.717, 1.165) is 18.1 Å². The Morgan fingerprint density at radius 3 is 2.69 bits per heavy atom. The molecule has 0 aliphatic carbocycles. The van der Waals surface area contributed by atoms with Crippen molar-refractivity contribution in [1.29, 1.82) is 0 Å². The van der Waals surface area contributed by atoms with Gasteiger partial charge in [-0.05, 0) is 42.2 Å². The average Bonchev–Trinajstić information content (AvgIpc) is 3.28. The van der Waals surface area contributed by atoms with Crippen LogP contribution in [0.3, 0.4) is 0 Å². The predicted octanol–water partition coefficient (Wildman–Crippen LogP) is 3.91. The number of halogens is 3. The molecular formula is C26H27F3N4O2. The van der Waals surface area contributed by atoms with Gasteiger partial charge in [-0.25, -0.2) is 18.2 Å². The number of nitrogens with two attached hydrogens (primary N) is 1. The van der Waals surface area contributed by atoms with Crippen LogP contribution in [0.2, 0.25) is 0 Å². The Bertz CT molecular complexity index is 1250. The zero-order valence-corrected chi connectivity index (χ0v) is 19.5. The Hall–Kier alpha value is -3.43. The van der Waals surface area contributed by atoms with Crippen molar-refractivity contribution in [1.82, 2.24) is 15.6 Å². The standard InChI is InChI=1S/C26H27F3N4O2/c1-3-16-6-15(5-4-14(16)2)13-35-24-12-31-11-23(24)33-26(34)19-7-17(10-32-25(19)30)18-8-21(28)22(29)9-20(18)27/h4-10,23-24,31H,3,11-13H2,1-2H3,(H2,30,32)(H,33,34)/t23-,24-/m0/s1. The van der Waals surface area contributed by atoms with E-state index < -0.39 is 23.4 Å². The summed E-state index contributed by atoms with van der Waals surface area (Å²) in [6.07, 6.45) is 1.87. The van der Waals surface area contributed by atoms with Crippen molar-refractivity contribution < 1.29 is 22.7 Å². The van der Waals surface area contributed by atoms with Crippen LogP contribution in [0, 0.1) is 24.4 Å². The topological polar surface area (TPSA) is 89.3 Å². The summed E-state index contributed by atoms with van der Waals surface area (Å²) in [7, 11) is 0. The summed E-state index contributed by atoms with van der Waals surface area (Å²) >= 11 is 0. The van der Waals surface area contributed by atoms with E-state index in [-0.39, 0.29) is 34.7 Å². The first-order valence-corrected chi connectivity index (χ1v) is 11.4. The van der Waals surface area contributed by atoms with Crippen molar-refractivity contribution in [2.24, 2.45) is 0 Å². The molecule has 35 heavy (non-hydrogen) atoms. The average molecular weight is 485 g/mol. The second-order valence-electron chi connectivity index (χ2n) is 8.61. The number of carbonyl (C=O) groups excluding carboxylic acids is 1. The van der Waals surface area contributed by atoms with Crippen LogP contribution in [0.25, 0.3) is 11.1 Å². The Kier molecular flexibility index (Phi) is 7.37. The van der Waals surface area contributed by atoms with Crippen molar-refractivity contribution in [3.05, 3.63) is 82.3 Å². The zero-order chi connectivity index (χ0) is 25.1. The van der Waals surface area contributed by atoms with Gasteiger partial charge >= 0.3 is 0 Å². The Morgan fingerprint density at radius 2 is 1.91 bits per heavy atom. The SMILES string of the molecule is CCc1cc(CO[C@H]2CNC[C@@H]2NC(=O)c2cc(-c3cc(F)c(F)cc3F)cnc2N)ccc1C. The molecule has 4 rings (SSSR count). The number of rotatable bonds is 7. The third kappa shape index (κ3) is 5.47. The molecule has 4 N–H and O–H groups in total. The summed E-state index contributed by atoms with van der Waals surface area (Å²) in [5.74, 6) is -4.07. The maximum Gasteiger partial charge on any atom is 0.255 e. The molecule has 3 aromatic rings. The summed E-state index contributed by atoms with van der Waals surface area (Å²) in [6, 6.07) is 8.37. The molecule has 1 aliphatic heterocycles. The van der Waals surface area contributed by atoms with E-state index in [4.69, 9.17) is 10.5 Å². The fourth-order valence-corrected chi connectivity index (χ4v) is 4.17. The maximum absolute atomic E-state index is 14.2. The van der Waals surface area contributed by atoms with Crippen molar-refractivity contribution in [3.63, 3.8) is 0 Å². The molecule has 2 aromatic carbocycles. The van der Waals surface area contributed by atoms with Crippen molar-refractivity contribution in [2.75, 3.05) is 18.8 Å². The lowest BCUT2D eigenvalue weighted by Gasteiger charge is -2.21. The molecule has 1 fully saturated rings. The van der Waals surface area contributed by atoms with E-state index >= 15 is 0 Å². The number of nitrogens with zero attached hydrogens (tertiary/aromatic N) is 1. The van der Waals surface area contributed by atoms with Gasteiger partial charge in [0.1, 0.15) is 11.6 Å². The Balaban J connectivity index is 1.47. The molecule has 0 saturated carbocycles. The summed E-state index contributed by atoms with van der Waals surface area (Å²) in [5, 5.41) is 6.10. The summed E-state index contributed by atoms with van der Waals surface area (Å²) in [4.78, 5) is 17.0. The zero-order valence-electron chi connectivity index (χ0n) is 19.5. The van der Waals surface area contributed by atoms with E-state index in [2.05, 4.69) is 41.6 Å².